The molecule has 1 fully saturated rings. The van der Waals surface area contributed by atoms with Gasteiger partial charge in [0.1, 0.15) is 11.5 Å². The Kier molecular flexibility index (Phi) is 13.9. The number of sulfonamides is 1. The van der Waals surface area contributed by atoms with Crippen molar-refractivity contribution in [2.45, 2.75) is 71.2 Å². The zero-order valence-electron chi connectivity index (χ0n) is 20.7. The number of ketones is 1. The molecule has 1 aromatic carbocycles. The highest BCUT2D eigenvalue weighted by molar-refractivity contribution is 8.13. The smallest absolute Gasteiger partial charge is 0.243 e. The summed E-state index contributed by atoms with van der Waals surface area (Å²) in [5, 5.41) is 0.00215. The Labute approximate surface area is 204 Å². The van der Waals surface area contributed by atoms with E-state index < -0.39 is 10.0 Å². The van der Waals surface area contributed by atoms with Gasteiger partial charge in [0.15, 0.2) is 5.12 Å². The standard InChI is InChI=1S/C21H34N2O4S2.C3H6O/c1-4-5-16-27-20-8-10-21(11-9-20)29(25,26)23(18(2)17-28-19(3)24)15-14-22-12-6-7-13-22;1-3(2)4/h8-11,18H,4-7,12-17H2,1-3H3;1-2H3/t18-;/m1./s1. The maximum Gasteiger partial charge on any atom is 0.243 e. The van der Waals surface area contributed by atoms with Crippen LogP contribution in [0.15, 0.2) is 29.2 Å². The number of rotatable bonds is 12. The summed E-state index contributed by atoms with van der Waals surface area (Å²) < 4.78 is 33.9. The number of Topliss-reactive ketones (excluding diaryl/α,β-unsaturated/α-hetero) is 1. The highest BCUT2D eigenvalue weighted by Gasteiger charge is 2.30. The second kappa shape index (κ2) is 15.5. The lowest BCUT2D eigenvalue weighted by Gasteiger charge is -2.30. The van der Waals surface area contributed by atoms with Crippen LogP contribution in [0.1, 0.15) is 60.3 Å². The highest BCUT2D eigenvalue weighted by Crippen LogP contribution is 2.23. The van der Waals surface area contributed by atoms with Crippen LogP contribution in [-0.4, -0.2) is 73.1 Å². The number of benzene rings is 1. The zero-order chi connectivity index (χ0) is 24.9. The number of hydrogen-bond acceptors (Lipinski definition) is 7. The van der Waals surface area contributed by atoms with Crippen LogP contribution in [0.5, 0.6) is 5.75 Å². The van der Waals surface area contributed by atoms with Gasteiger partial charge >= 0.3 is 0 Å². The molecule has 1 atom stereocenters. The Morgan fingerprint density at radius 1 is 1.12 bits per heavy atom. The fourth-order valence-electron chi connectivity index (χ4n) is 3.32. The molecule has 0 aromatic heterocycles. The SMILES string of the molecule is CC(C)=O.CCCCOc1ccc(S(=O)(=O)N(CCN2CCCC2)[C@H](C)CSC(C)=O)cc1. The van der Waals surface area contributed by atoms with E-state index in [2.05, 4.69) is 11.8 Å². The molecule has 0 bridgehead atoms. The van der Waals surface area contributed by atoms with Crippen molar-refractivity contribution < 1.29 is 22.7 Å². The Hall–Kier alpha value is -1.42. The van der Waals surface area contributed by atoms with Crippen molar-refractivity contribution in [3.05, 3.63) is 24.3 Å². The molecule has 1 heterocycles. The minimum Gasteiger partial charge on any atom is -0.494 e. The van der Waals surface area contributed by atoms with Crippen LogP contribution in [0, 0.1) is 0 Å². The third-order valence-corrected chi connectivity index (χ3v) is 8.14. The van der Waals surface area contributed by atoms with Gasteiger partial charge in [0.05, 0.1) is 11.5 Å². The summed E-state index contributed by atoms with van der Waals surface area (Å²) in [6.45, 7) is 12.4. The maximum absolute atomic E-state index is 13.4. The third-order valence-electron chi connectivity index (χ3n) is 5.05. The predicted molar refractivity (Wildman–Crippen MR) is 135 cm³/mol. The van der Waals surface area contributed by atoms with Crippen molar-refractivity contribution in [2.24, 2.45) is 0 Å². The van der Waals surface area contributed by atoms with Gasteiger partial charge in [0, 0.05) is 31.8 Å². The normalized spacial score (nSPS) is 15.1. The van der Waals surface area contributed by atoms with Gasteiger partial charge in [0.25, 0.3) is 0 Å². The average molecular weight is 501 g/mol. The molecule has 7 nitrogen and oxygen atoms in total. The molecule has 188 valence electrons. The van der Waals surface area contributed by atoms with Crippen LogP contribution in [0.2, 0.25) is 0 Å². The monoisotopic (exact) mass is 500 g/mol. The van der Waals surface area contributed by atoms with Gasteiger partial charge in [-0.15, -0.1) is 0 Å². The van der Waals surface area contributed by atoms with Gasteiger partial charge in [-0.2, -0.15) is 4.31 Å². The van der Waals surface area contributed by atoms with E-state index in [-0.39, 0.29) is 21.8 Å². The summed E-state index contributed by atoms with van der Waals surface area (Å²) in [6.07, 6.45) is 4.36. The Balaban J connectivity index is 0.00000125. The van der Waals surface area contributed by atoms with Crippen LogP contribution in [0.25, 0.3) is 0 Å². The quantitative estimate of drug-likeness (QED) is 0.397. The zero-order valence-corrected chi connectivity index (χ0v) is 22.3. The lowest BCUT2D eigenvalue weighted by atomic mass is 10.3. The number of carbonyl (C=O) groups excluding carboxylic acids is 2. The first-order valence-electron chi connectivity index (χ1n) is 11.7. The van der Waals surface area contributed by atoms with E-state index in [0.717, 1.165) is 25.9 Å². The molecule has 0 aliphatic carbocycles. The first-order valence-corrected chi connectivity index (χ1v) is 14.1. The number of unbranched alkanes of at least 4 members (excludes halogenated alkanes) is 1. The predicted octanol–water partition coefficient (Wildman–Crippen LogP) is 4.22. The van der Waals surface area contributed by atoms with E-state index in [0.29, 0.717) is 31.2 Å². The minimum absolute atomic E-state index is 0.00215. The van der Waals surface area contributed by atoms with E-state index >= 15 is 0 Å². The summed E-state index contributed by atoms with van der Waals surface area (Å²) in [7, 11) is -3.66. The van der Waals surface area contributed by atoms with Crippen molar-refractivity contribution >= 4 is 32.7 Å². The third kappa shape index (κ3) is 11.5. The molecule has 33 heavy (non-hydrogen) atoms. The molecule has 2 rings (SSSR count). The second-order valence-corrected chi connectivity index (χ2v) is 11.5. The number of likely N-dealkylation sites (tertiary alicyclic amines) is 1. The Morgan fingerprint density at radius 2 is 1.70 bits per heavy atom. The molecular weight excluding hydrogens is 460 g/mol. The Bertz CT molecular complexity index is 818. The van der Waals surface area contributed by atoms with Crippen molar-refractivity contribution in [1.82, 2.24) is 9.21 Å². The van der Waals surface area contributed by atoms with E-state index in [1.54, 1.807) is 28.6 Å². The van der Waals surface area contributed by atoms with E-state index in [9.17, 15) is 18.0 Å². The Morgan fingerprint density at radius 3 is 2.21 bits per heavy atom. The van der Waals surface area contributed by atoms with E-state index in [1.165, 1.54) is 45.4 Å². The molecule has 1 aromatic rings. The molecule has 9 heteroatoms. The van der Waals surface area contributed by atoms with E-state index in [4.69, 9.17) is 4.74 Å². The molecule has 0 radical (unpaired) electrons. The topological polar surface area (TPSA) is 84.0 Å². The van der Waals surface area contributed by atoms with Crippen molar-refractivity contribution in [3.8, 4) is 5.75 Å². The van der Waals surface area contributed by atoms with Crippen molar-refractivity contribution in [1.29, 1.82) is 0 Å². The summed E-state index contributed by atoms with van der Waals surface area (Å²) in [6, 6.07) is 6.40. The van der Waals surface area contributed by atoms with Gasteiger partial charge in [-0.05, 0) is 77.4 Å². The van der Waals surface area contributed by atoms with Crippen molar-refractivity contribution in [3.63, 3.8) is 0 Å². The molecule has 0 spiro atoms. The van der Waals surface area contributed by atoms with Crippen LogP contribution in [0.4, 0.5) is 0 Å². The molecule has 0 saturated carbocycles. The summed E-state index contributed by atoms with van der Waals surface area (Å²) >= 11 is 1.17. The lowest BCUT2D eigenvalue weighted by Crippen LogP contribution is -2.44. The number of thioether (sulfide) groups is 1. The summed E-state index contributed by atoms with van der Waals surface area (Å²) in [5.74, 6) is 1.30. The maximum atomic E-state index is 13.4. The van der Waals surface area contributed by atoms with Crippen molar-refractivity contribution in [2.75, 3.05) is 38.5 Å². The van der Waals surface area contributed by atoms with Crippen LogP contribution in [-0.2, 0) is 19.6 Å². The first-order chi connectivity index (χ1) is 15.6. The molecule has 1 aliphatic rings. The number of carbonyl (C=O) groups is 2. The second-order valence-electron chi connectivity index (χ2n) is 8.40. The fourth-order valence-corrected chi connectivity index (χ4v) is 5.69. The average Bonchev–Trinajstić information content (AvgIpc) is 3.26. The minimum atomic E-state index is -3.66. The van der Waals surface area contributed by atoms with Gasteiger partial charge in [-0.3, -0.25) is 4.79 Å². The molecule has 0 N–H and O–H groups in total. The molecule has 1 aliphatic heterocycles. The highest BCUT2D eigenvalue weighted by atomic mass is 32.2. The van der Waals surface area contributed by atoms with Crippen LogP contribution in [0.3, 0.4) is 0 Å². The number of hydrogen-bond donors (Lipinski definition) is 0. The van der Waals surface area contributed by atoms with Crippen LogP contribution >= 0.6 is 11.8 Å². The van der Waals surface area contributed by atoms with Crippen LogP contribution < -0.4 is 4.74 Å². The number of ether oxygens (including phenoxy) is 1. The summed E-state index contributed by atoms with van der Waals surface area (Å²) in [5.41, 5.74) is 0. The number of nitrogens with zero attached hydrogens (tertiary/aromatic N) is 2. The van der Waals surface area contributed by atoms with Gasteiger partial charge in [-0.25, -0.2) is 8.42 Å². The van der Waals surface area contributed by atoms with Gasteiger partial charge in [0.2, 0.25) is 10.0 Å². The first kappa shape index (κ1) is 29.6. The van der Waals surface area contributed by atoms with Gasteiger partial charge in [-0.1, -0.05) is 25.1 Å². The fraction of sp³-hybridized carbons (Fsp3) is 0.667. The molecule has 0 unspecified atom stereocenters. The largest absolute Gasteiger partial charge is 0.494 e. The summed E-state index contributed by atoms with van der Waals surface area (Å²) in [4.78, 5) is 23.4. The molecular formula is C24H40N2O5S2. The lowest BCUT2D eigenvalue weighted by molar-refractivity contribution is -0.115. The van der Waals surface area contributed by atoms with Gasteiger partial charge < -0.3 is 14.4 Å². The molecule has 0 amide bonds. The molecule has 1 saturated heterocycles. The van der Waals surface area contributed by atoms with E-state index in [1.807, 2.05) is 6.92 Å².